The molecule has 0 spiro atoms. The molecule has 0 radical (unpaired) electrons. The molecule has 3 rings (SSSR count). The smallest absolute Gasteiger partial charge is 0.0921 e. The van der Waals surface area contributed by atoms with Crippen LogP contribution in [0.1, 0.15) is 11.3 Å². The predicted octanol–water partition coefficient (Wildman–Crippen LogP) is 2.22. The van der Waals surface area contributed by atoms with E-state index in [2.05, 4.69) is 44.7 Å². The molecule has 0 aliphatic rings. The van der Waals surface area contributed by atoms with Gasteiger partial charge in [-0.3, -0.25) is 0 Å². The van der Waals surface area contributed by atoms with Crippen LogP contribution in [0.3, 0.4) is 0 Å². The minimum Gasteiger partial charge on any atom is -0.361 e. The van der Waals surface area contributed by atoms with Gasteiger partial charge in [0.1, 0.15) is 0 Å². The Kier molecular flexibility index (Phi) is 3.10. The van der Waals surface area contributed by atoms with Gasteiger partial charge in [0.25, 0.3) is 0 Å². The Balaban J connectivity index is 1.57. The zero-order valence-corrected chi connectivity index (χ0v) is 10.1. The van der Waals surface area contributed by atoms with Crippen molar-refractivity contribution in [2.24, 2.45) is 0 Å². The summed E-state index contributed by atoms with van der Waals surface area (Å²) in [4.78, 5) is 10.4. The van der Waals surface area contributed by atoms with E-state index in [1.54, 1.807) is 6.33 Å². The highest BCUT2D eigenvalue weighted by Crippen LogP contribution is 2.17. The van der Waals surface area contributed by atoms with Crippen molar-refractivity contribution in [3.05, 3.63) is 54.2 Å². The van der Waals surface area contributed by atoms with E-state index in [-0.39, 0.29) is 0 Å². The zero-order valence-electron chi connectivity index (χ0n) is 10.1. The standard InChI is InChI=1S/C14H16N4/c1-2-4-14-13(3-1)11(8-17-14)7-15-6-5-12-9-16-10-18-12/h1-4,8-10,15,17H,5-7H2,(H,16,18). The lowest BCUT2D eigenvalue weighted by Gasteiger charge is -2.02. The molecule has 0 aliphatic carbocycles. The summed E-state index contributed by atoms with van der Waals surface area (Å²) in [5.41, 5.74) is 3.68. The molecule has 2 heterocycles. The van der Waals surface area contributed by atoms with Crippen molar-refractivity contribution in [2.75, 3.05) is 6.54 Å². The summed E-state index contributed by atoms with van der Waals surface area (Å²) < 4.78 is 0. The number of fused-ring (bicyclic) bond motifs is 1. The van der Waals surface area contributed by atoms with Gasteiger partial charge < -0.3 is 15.3 Å². The second-order valence-corrected chi connectivity index (χ2v) is 4.36. The summed E-state index contributed by atoms with van der Waals surface area (Å²) >= 11 is 0. The van der Waals surface area contributed by atoms with E-state index in [0.717, 1.165) is 19.5 Å². The summed E-state index contributed by atoms with van der Waals surface area (Å²) in [5, 5.41) is 4.75. The van der Waals surface area contributed by atoms with Crippen LogP contribution < -0.4 is 5.32 Å². The summed E-state index contributed by atoms with van der Waals surface area (Å²) in [6, 6.07) is 8.37. The fourth-order valence-electron chi connectivity index (χ4n) is 2.15. The van der Waals surface area contributed by atoms with Crippen molar-refractivity contribution >= 4 is 10.9 Å². The SMILES string of the molecule is c1ccc2c(CNCCc3cnc[nH]3)c[nH]c2c1. The molecule has 0 saturated heterocycles. The van der Waals surface area contributed by atoms with E-state index in [4.69, 9.17) is 0 Å². The Labute approximate surface area is 105 Å². The lowest BCUT2D eigenvalue weighted by molar-refractivity contribution is 0.684. The Morgan fingerprint density at radius 2 is 2.11 bits per heavy atom. The second-order valence-electron chi connectivity index (χ2n) is 4.36. The van der Waals surface area contributed by atoms with Crippen LogP contribution in [-0.4, -0.2) is 21.5 Å². The predicted molar refractivity (Wildman–Crippen MR) is 72.3 cm³/mol. The van der Waals surface area contributed by atoms with Gasteiger partial charge in [0, 0.05) is 48.5 Å². The third-order valence-electron chi connectivity index (χ3n) is 3.12. The van der Waals surface area contributed by atoms with Crippen LogP contribution in [0.5, 0.6) is 0 Å². The normalized spacial score (nSPS) is 11.1. The maximum absolute atomic E-state index is 4.00. The van der Waals surface area contributed by atoms with Crippen LogP contribution >= 0.6 is 0 Å². The van der Waals surface area contributed by atoms with Crippen molar-refractivity contribution < 1.29 is 0 Å². The summed E-state index contributed by atoms with van der Waals surface area (Å²) in [5.74, 6) is 0. The number of H-pyrrole nitrogens is 2. The number of benzene rings is 1. The molecule has 92 valence electrons. The lowest BCUT2D eigenvalue weighted by atomic mass is 10.2. The number of aromatic nitrogens is 3. The first-order chi connectivity index (χ1) is 8.93. The maximum atomic E-state index is 4.00. The third kappa shape index (κ3) is 2.28. The molecule has 3 aromatic rings. The highest BCUT2D eigenvalue weighted by Gasteiger charge is 2.01. The Morgan fingerprint density at radius 3 is 3.00 bits per heavy atom. The van der Waals surface area contributed by atoms with E-state index >= 15 is 0 Å². The lowest BCUT2D eigenvalue weighted by Crippen LogP contribution is -2.16. The second kappa shape index (κ2) is 5.06. The van der Waals surface area contributed by atoms with E-state index in [9.17, 15) is 0 Å². The van der Waals surface area contributed by atoms with Gasteiger partial charge in [-0.15, -0.1) is 0 Å². The molecule has 0 atom stereocenters. The first kappa shape index (κ1) is 11.0. The topological polar surface area (TPSA) is 56.5 Å². The van der Waals surface area contributed by atoms with Crippen molar-refractivity contribution in [3.63, 3.8) is 0 Å². The van der Waals surface area contributed by atoms with Gasteiger partial charge >= 0.3 is 0 Å². The van der Waals surface area contributed by atoms with Gasteiger partial charge in [0.2, 0.25) is 0 Å². The number of para-hydroxylation sites is 1. The Hall–Kier alpha value is -2.07. The van der Waals surface area contributed by atoms with Crippen LogP contribution in [0.15, 0.2) is 43.0 Å². The van der Waals surface area contributed by atoms with Gasteiger partial charge in [-0.2, -0.15) is 0 Å². The maximum Gasteiger partial charge on any atom is 0.0921 e. The summed E-state index contributed by atoms with van der Waals surface area (Å²) in [6.45, 7) is 1.83. The van der Waals surface area contributed by atoms with Gasteiger partial charge in [-0.05, 0) is 11.6 Å². The van der Waals surface area contributed by atoms with Crippen LogP contribution in [0.4, 0.5) is 0 Å². The molecule has 0 unspecified atom stereocenters. The zero-order chi connectivity index (χ0) is 12.2. The molecular formula is C14H16N4. The average Bonchev–Trinajstić information content (AvgIpc) is 3.04. The fourth-order valence-corrected chi connectivity index (χ4v) is 2.15. The molecule has 4 nitrogen and oxygen atoms in total. The van der Waals surface area contributed by atoms with Crippen LogP contribution in [-0.2, 0) is 13.0 Å². The van der Waals surface area contributed by atoms with Crippen molar-refractivity contribution in [2.45, 2.75) is 13.0 Å². The number of rotatable bonds is 5. The highest BCUT2D eigenvalue weighted by atomic mass is 14.9. The van der Waals surface area contributed by atoms with Crippen molar-refractivity contribution in [3.8, 4) is 0 Å². The molecule has 18 heavy (non-hydrogen) atoms. The van der Waals surface area contributed by atoms with E-state index in [0.29, 0.717) is 0 Å². The van der Waals surface area contributed by atoms with E-state index < -0.39 is 0 Å². The van der Waals surface area contributed by atoms with Crippen LogP contribution in [0, 0.1) is 0 Å². The Morgan fingerprint density at radius 1 is 1.17 bits per heavy atom. The number of hydrogen-bond donors (Lipinski definition) is 3. The number of nitrogens with zero attached hydrogens (tertiary/aromatic N) is 1. The molecule has 4 heteroatoms. The van der Waals surface area contributed by atoms with Gasteiger partial charge in [-0.25, -0.2) is 4.98 Å². The van der Waals surface area contributed by atoms with Gasteiger partial charge in [-0.1, -0.05) is 18.2 Å². The average molecular weight is 240 g/mol. The molecular weight excluding hydrogens is 224 g/mol. The van der Waals surface area contributed by atoms with Crippen molar-refractivity contribution in [1.29, 1.82) is 0 Å². The summed E-state index contributed by atoms with van der Waals surface area (Å²) in [6.07, 6.45) is 6.64. The first-order valence-corrected chi connectivity index (χ1v) is 6.16. The van der Waals surface area contributed by atoms with Crippen LogP contribution in [0.2, 0.25) is 0 Å². The first-order valence-electron chi connectivity index (χ1n) is 6.16. The molecule has 1 aromatic carbocycles. The van der Waals surface area contributed by atoms with Crippen molar-refractivity contribution in [1.82, 2.24) is 20.3 Å². The van der Waals surface area contributed by atoms with E-state index in [1.165, 1.54) is 22.2 Å². The number of aromatic amines is 2. The Bertz CT molecular complexity index is 610. The van der Waals surface area contributed by atoms with Crippen LogP contribution in [0.25, 0.3) is 10.9 Å². The monoisotopic (exact) mass is 240 g/mol. The molecule has 3 N–H and O–H groups in total. The largest absolute Gasteiger partial charge is 0.361 e. The highest BCUT2D eigenvalue weighted by molar-refractivity contribution is 5.82. The molecule has 0 amide bonds. The summed E-state index contributed by atoms with van der Waals surface area (Å²) in [7, 11) is 0. The number of imidazole rings is 1. The van der Waals surface area contributed by atoms with E-state index in [1.807, 2.05) is 12.3 Å². The molecule has 0 fully saturated rings. The minimum absolute atomic E-state index is 0.887. The third-order valence-corrected chi connectivity index (χ3v) is 3.12. The quantitative estimate of drug-likeness (QED) is 0.599. The fraction of sp³-hybridized carbons (Fsp3) is 0.214. The van der Waals surface area contributed by atoms with Gasteiger partial charge in [0.05, 0.1) is 6.33 Å². The molecule has 0 aliphatic heterocycles. The molecule has 0 bridgehead atoms. The number of hydrogen-bond acceptors (Lipinski definition) is 2. The molecule has 2 aromatic heterocycles. The van der Waals surface area contributed by atoms with Gasteiger partial charge in [0.15, 0.2) is 0 Å². The molecule has 0 saturated carbocycles. The minimum atomic E-state index is 0.887. The number of nitrogens with one attached hydrogen (secondary N) is 3.